The van der Waals surface area contributed by atoms with Crippen LogP contribution in [0.1, 0.15) is 24.0 Å². The monoisotopic (exact) mass is 511 g/mol. The Labute approximate surface area is 210 Å². The molecular formula is C27H29NO5S2. The molecule has 8 heteroatoms. The van der Waals surface area contributed by atoms with Gasteiger partial charge in [-0.05, 0) is 40.8 Å². The third kappa shape index (κ3) is 4.68. The summed E-state index contributed by atoms with van der Waals surface area (Å²) in [6.45, 7) is 5.95. The van der Waals surface area contributed by atoms with Crippen molar-refractivity contribution >= 4 is 27.1 Å². The summed E-state index contributed by atoms with van der Waals surface area (Å²) in [4.78, 5) is 15.5. The number of nitrogens with zero attached hydrogens (tertiary/aromatic N) is 1. The van der Waals surface area contributed by atoms with Crippen LogP contribution in [-0.4, -0.2) is 56.4 Å². The molecule has 0 amide bonds. The maximum absolute atomic E-state index is 13.4. The Hall–Kier alpha value is -2.52. The molecule has 3 atom stereocenters. The van der Waals surface area contributed by atoms with E-state index in [-0.39, 0.29) is 16.0 Å². The lowest BCUT2D eigenvalue weighted by Gasteiger charge is -2.26. The Morgan fingerprint density at radius 2 is 1.83 bits per heavy atom. The molecule has 1 saturated heterocycles. The van der Waals surface area contributed by atoms with Crippen molar-refractivity contribution in [2.75, 3.05) is 32.1 Å². The number of carboxylic acid groups (broad SMARTS) is 1. The number of ether oxygens (including phenoxy) is 1. The Bertz CT molecular complexity index is 1310. The van der Waals surface area contributed by atoms with E-state index in [0.29, 0.717) is 0 Å². The number of carboxylic acids is 1. The second kappa shape index (κ2) is 9.50. The van der Waals surface area contributed by atoms with Gasteiger partial charge < -0.3 is 9.84 Å². The zero-order valence-corrected chi connectivity index (χ0v) is 21.2. The fourth-order valence-electron chi connectivity index (χ4n) is 5.36. The highest BCUT2D eigenvalue weighted by Crippen LogP contribution is 2.65. The highest BCUT2D eigenvalue weighted by Gasteiger charge is 2.69. The minimum Gasteiger partial charge on any atom is -0.481 e. The standard InChI is InChI=1S/C27H29NO5S2/c1-19-25(21-7-3-2-4-8-21)27(19,26(29)30)18-35(31,32)24-11-10-23(34-24)22-9-5-6-20(16-22)17-28-12-14-33-15-13-28/h2-11,16,19,25H,12-15,17-18H2,1H3,(H,29,30)/t19-,25?,27?/m0/s1. The molecule has 2 aromatic carbocycles. The van der Waals surface area contributed by atoms with E-state index in [2.05, 4.69) is 17.0 Å². The Balaban J connectivity index is 1.36. The number of rotatable bonds is 8. The average Bonchev–Trinajstić information content (AvgIpc) is 3.20. The quantitative estimate of drug-likeness (QED) is 0.479. The summed E-state index contributed by atoms with van der Waals surface area (Å²) in [7, 11) is -3.78. The van der Waals surface area contributed by atoms with E-state index >= 15 is 0 Å². The molecule has 2 unspecified atom stereocenters. The summed E-state index contributed by atoms with van der Waals surface area (Å²) in [5.74, 6) is -2.01. The highest BCUT2D eigenvalue weighted by molar-refractivity contribution is 7.93. The summed E-state index contributed by atoms with van der Waals surface area (Å²) in [6.07, 6.45) is 0. The second-order valence-electron chi connectivity index (χ2n) is 9.49. The van der Waals surface area contributed by atoms with Gasteiger partial charge in [-0.1, -0.05) is 55.5 Å². The largest absolute Gasteiger partial charge is 0.481 e. The third-order valence-corrected chi connectivity index (χ3v) is 10.9. The number of aliphatic carboxylic acids is 1. The molecule has 35 heavy (non-hydrogen) atoms. The van der Waals surface area contributed by atoms with Crippen molar-refractivity contribution in [2.24, 2.45) is 11.3 Å². The van der Waals surface area contributed by atoms with Crippen molar-refractivity contribution in [1.29, 1.82) is 0 Å². The van der Waals surface area contributed by atoms with Crippen LogP contribution in [0.15, 0.2) is 70.9 Å². The normalized spacial score (nSPS) is 24.8. The third-order valence-electron chi connectivity index (χ3n) is 7.35. The molecule has 0 radical (unpaired) electrons. The molecule has 1 aliphatic heterocycles. The summed E-state index contributed by atoms with van der Waals surface area (Å²) in [6, 6.07) is 21.0. The fourth-order valence-corrected chi connectivity index (χ4v) is 8.66. The molecule has 0 spiro atoms. The molecule has 0 bridgehead atoms. The van der Waals surface area contributed by atoms with Gasteiger partial charge in [0.1, 0.15) is 4.21 Å². The van der Waals surface area contributed by atoms with Crippen LogP contribution in [0.2, 0.25) is 0 Å². The van der Waals surface area contributed by atoms with E-state index in [1.165, 1.54) is 16.9 Å². The fraction of sp³-hybridized carbons (Fsp3) is 0.370. The van der Waals surface area contributed by atoms with Crippen molar-refractivity contribution in [2.45, 2.75) is 23.6 Å². The van der Waals surface area contributed by atoms with Crippen LogP contribution in [0, 0.1) is 11.3 Å². The van der Waals surface area contributed by atoms with E-state index < -0.39 is 27.0 Å². The molecule has 2 fully saturated rings. The number of hydrogen-bond donors (Lipinski definition) is 1. The van der Waals surface area contributed by atoms with Crippen molar-refractivity contribution in [3.8, 4) is 10.4 Å². The van der Waals surface area contributed by atoms with Crippen LogP contribution in [0.4, 0.5) is 0 Å². The van der Waals surface area contributed by atoms with Crippen LogP contribution < -0.4 is 0 Å². The SMILES string of the molecule is C[C@H]1C(c2ccccc2)C1(CS(=O)(=O)c1ccc(-c2cccc(CN3CCOCC3)c2)s1)C(=O)O. The van der Waals surface area contributed by atoms with Gasteiger partial charge in [0.25, 0.3) is 0 Å². The Morgan fingerprint density at radius 1 is 1.09 bits per heavy atom. The topological polar surface area (TPSA) is 83.9 Å². The molecular weight excluding hydrogens is 482 g/mol. The van der Waals surface area contributed by atoms with Crippen LogP contribution in [0.5, 0.6) is 0 Å². The maximum Gasteiger partial charge on any atom is 0.311 e. The van der Waals surface area contributed by atoms with Gasteiger partial charge >= 0.3 is 5.97 Å². The molecule has 2 heterocycles. The first-order valence-electron chi connectivity index (χ1n) is 11.8. The average molecular weight is 512 g/mol. The maximum atomic E-state index is 13.4. The van der Waals surface area contributed by atoms with E-state index in [9.17, 15) is 18.3 Å². The molecule has 1 saturated carbocycles. The molecule has 3 aromatic rings. The predicted molar refractivity (Wildman–Crippen MR) is 136 cm³/mol. The van der Waals surface area contributed by atoms with E-state index in [1.54, 1.807) is 6.07 Å². The van der Waals surface area contributed by atoms with Crippen LogP contribution >= 0.6 is 11.3 Å². The van der Waals surface area contributed by atoms with E-state index in [4.69, 9.17) is 4.74 Å². The molecule has 1 aromatic heterocycles. The number of thiophene rings is 1. The smallest absolute Gasteiger partial charge is 0.311 e. The number of morpholine rings is 1. The van der Waals surface area contributed by atoms with E-state index in [1.807, 2.05) is 55.5 Å². The highest BCUT2D eigenvalue weighted by atomic mass is 32.2. The number of carbonyl (C=O) groups is 1. The van der Waals surface area contributed by atoms with Gasteiger partial charge in [0.2, 0.25) is 0 Å². The van der Waals surface area contributed by atoms with Crippen LogP contribution in [0.3, 0.4) is 0 Å². The first kappa shape index (κ1) is 24.2. The lowest BCUT2D eigenvalue weighted by Crippen LogP contribution is -2.35. The van der Waals surface area contributed by atoms with Gasteiger partial charge in [-0.15, -0.1) is 11.3 Å². The minimum atomic E-state index is -3.78. The Kier molecular flexibility index (Phi) is 6.57. The second-order valence-corrected chi connectivity index (χ2v) is 12.8. The lowest BCUT2D eigenvalue weighted by molar-refractivity contribution is -0.143. The minimum absolute atomic E-state index is 0.220. The first-order chi connectivity index (χ1) is 16.8. The van der Waals surface area contributed by atoms with E-state index in [0.717, 1.165) is 48.9 Å². The number of hydrogen-bond acceptors (Lipinski definition) is 6. The zero-order valence-electron chi connectivity index (χ0n) is 19.6. The van der Waals surface area contributed by atoms with Crippen molar-refractivity contribution in [3.05, 3.63) is 77.9 Å². The van der Waals surface area contributed by atoms with Gasteiger partial charge in [-0.3, -0.25) is 9.69 Å². The molecule has 2 aliphatic rings. The van der Waals surface area contributed by atoms with Gasteiger partial charge in [0, 0.05) is 30.4 Å². The number of sulfone groups is 1. The zero-order chi connectivity index (χ0) is 24.6. The summed E-state index contributed by atoms with van der Waals surface area (Å²) >= 11 is 1.21. The van der Waals surface area contributed by atoms with Gasteiger partial charge in [-0.25, -0.2) is 8.42 Å². The van der Waals surface area contributed by atoms with Crippen molar-refractivity contribution in [3.63, 3.8) is 0 Å². The van der Waals surface area contributed by atoms with Crippen molar-refractivity contribution < 1.29 is 23.1 Å². The summed E-state index contributed by atoms with van der Waals surface area (Å²) < 4.78 is 32.5. The Morgan fingerprint density at radius 3 is 2.54 bits per heavy atom. The van der Waals surface area contributed by atoms with Gasteiger partial charge in [0.05, 0.1) is 24.4 Å². The van der Waals surface area contributed by atoms with Crippen LogP contribution in [0.25, 0.3) is 10.4 Å². The molecule has 5 rings (SSSR count). The molecule has 1 aliphatic carbocycles. The summed E-state index contributed by atoms with van der Waals surface area (Å²) in [5, 5.41) is 10.1. The molecule has 184 valence electrons. The summed E-state index contributed by atoms with van der Waals surface area (Å²) in [5.41, 5.74) is 1.71. The number of benzene rings is 2. The van der Waals surface area contributed by atoms with Crippen molar-refractivity contribution in [1.82, 2.24) is 4.90 Å². The van der Waals surface area contributed by atoms with Gasteiger partial charge in [-0.2, -0.15) is 0 Å². The predicted octanol–water partition coefficient (Wildman–Crippen LogP) is 4.53. The van der Waals surface area contributed by atoms with Gasteiger partial charge in [0.15, 0.2) is 9.84 Å². The lowest BCUT2D eigenvalue weighted by atomic mass is 10.0. The molecule has 6 nitrogen and oxygen atoms in total. The molecule has 1 N–H and O–H groups in total. The first-order valence-corrected chi connectivity index (χ1v) is 14.3. The van der Waals surface area contributed by atoms with Crippen LogP contribution in [-0.2, 0) is 25.9 Å².